The van der Waals surface area contributed by atoms with Gasteiger partial charge < -0.3 is 4.74 Å². The number of rotatable bonds is 10. The van der Waals surface area contributed by atoms with Crippen molar-refractivity contribution < 1.29 is 9.13 Å². The molecular weight excluding hydrogens is 463 g/mol. The molecule has 1 nitrogen and oxygen atoms in total. The molecule has 0 radical (unpaired) electrons. The van der Waals surface area contributed by atoms with Gasteiger partial charge in [-0.05, 0) is 58.8 Å². The van der Waals surface area contributed by atoms with Gasteiger partial charge in [-0.2, -0.15) is 0 Å². The molecule has 1 unspecified atom stereocenters. The third kappa shape index (κ3) is 6.31. The van der Waals surface area contributed by atoms with Crippen LogP contribution in [0.25, 0.3) is 16.0 Å². The van der Waals surface area contributed by atoms with E-state index in [0.29, 0.717) is 43.1 Å². The summed E-state index contributed by atoms with van der Waals surface area (Å²) in [6, 6.07) is 0. The lowest BCUT2D eigenvalue weighted by atomic mass is 10.0. The SMILES string of the molecule is C=C(COCC(CC)CCCC)c1sc(=C)/c(=C(/Br)SBr)c1F. The van der Waals surface area contributed by atoms with E-state index in [4.69, 9.17) is 4.74 Å². The summed E-state index contributed by atoms with van der Waals surface area (Å²) < 4.78 is 21.7. The number of ether oxygens (including phenoxy) is 1. The molecule has 0 saturated heterocycles. The minimum Gasteiger partial charge on any atom is -0.376 e. The Morgan fingerprint density at radius 1 is 1.43 bits per heavy atom. The van der Waals surface area contributed by atoms with Gasteiger partial charge in [-0.15, -0.1) is 11.3 Å². The van der Waals surface area contributed by atoms with Gasteiger partial charge in [0.25, 0.3) is 0 Å². The lowest BCUT2D eigenvalue weighted by Gasteiger charge is -2.15. The first kappa shape index (κ1) is 21.4. The molecule has 0 amide bonds. The molecule has 0 spiro atoms. The number of hydrogen-bond acceptors (Lipinski definition) is 3. The summed E-state index contributed by atoms with van der Waals surface area (Å²) in [6.07, 6.45) is 4.72. The first-order chi connectivity index (χ1) is 11.0. The summed E-state index contributed by atoms with van der Waals surface area (Å²) in [5.74, 6) is 0.299. The van der Waals surface area contributed by atoms with Crippen molar-refractivity contribution in [3.8, 4) is 0 Å². The lowest BCUT2D eigenvalue weighted by Crippen LogP contribution is -2.20. The maximum Gasteiger partial charge on any atom is 0.151 e. The van der Waals surface area contributed by atoms with Gasteiger partial charge in [-0.25, -0.2) is 4.39 Å². The average Bonchev–Trinajstić information content (AvgIpc) is 2.84. The van der Waals surface area contributed by atoms with Crippen LogP contribution in [0.5, 0.6) is 0 Å². The highest BCUT2D eigenvalue weighted by molar-refractivity contribution is 9.53. The summed E-state index contributed by atoms with van der Waals surface area (Å²) in [4.78, 5) is 0.533. The Labute approximate surface area is 162 Å². The zero-order chi connectivity index (χ0) is 17.4. The van der Waals surface area contributed by atoms with E-state index in [1.54, 1.807) is 0 Å². The van der Waals surface area contributed by atoms with Gasteiger partial charge in [0.1, 0.15) is 0 Å². The lowest BCUT2D eigenvalue weighted by molar-refractivity contribution is 0.120. The molecule has 130 valence electrons. The smallest absolute Gasteiger partial charge is 0.151 e. The average molecular weight is 486 g/mol. The van der Waals surface area contributed by atoms with Crippen molar-refractivity contribution in [1.82, 2.24) is 0 Å². The summed E-state index contributed by atoms with van der Waals surface area (Å²) >= 11 is 7.92. The Kier molecular flexibility index (Phi) is 10.3. The molecule has 1 heterocycles. The molecule has 0 aromatic carbocycles. The van der Waals surface area contributed by atoms with Crippen molar-refractivity contribution in [2.45, 2.75) is 39.5 Å². The zero-order valence-corrected chi connectivity index (χ0v) is 18.4. The normalized spacial score (nSPS) is 14.0. The van der Waals surface area contributed by atoms with Crippen LogP contribution in [0.2, 0.25) is 0 Å². The maximum atomic E-state index is 14.6. The van der Waals surface area contributed by atoms with Gasteiger partial charge in [0.15, 0.2) is 5.82 Å². The molecule has 1 aromatic heterocycles. The molecular formula is C17H23Br2FOS2. The number of halogens is 3. The zero-order valence-electron chi connectivity index (χ0n) is 13.6. The van der Waals surface area contributed by atoms with Gasteiger partial charge in [0.05, 0.1) is 15.3 Å². The van der Waals surface area contributed by atoms with E-state index in [1.807, 2.05) is 0 Å². The quantitative estimate of drug-likeness (QED) is 0.399. The largest absolute Gasteiger partial charge is 0.376 e. The molecule has 0 saturated carbocycles. The van der Waals surface area contributed by atoms with Gasteiger partial charge in [-0.1, -0.05) is 46.3 Å². The molecule has 0 bridgehead atoms. The molecule has 0 fully saturated rings. The fourth-order valence-electron chi connectivity index (χ4n) is 2.23. The molecule has 0 N–H and O–H groups in total. The predicted octanol–water partition coefficient (Wildman–Crippen LogP) is 6.05. The van der Waals surface area contributed by atoms with Crippen molar-refractivity contribution in [2.24, 2.45) is 5.92 Å². The Bertz CT molecular complexity index is 627. The van der Waals surface area contributed by atoms with Crippen molar-refractivity contribution in [2.75, 3.05) is 13.2 Å². The standard InChI is InChI=1S/C17H23Br2FOS2/c1-5-7-8-13(6-2)10-21-9-11(3)16-15(20)14(12(4)22-16)17(18)23-19/h13H,3-10H2,1-2H3/b17-14+. The van der Waals surface area contributed by atoms with Gasteiger partial charge in [0.2, 0.25) is 0 Å². The summed E-state index contributed by atoms with van der Waals surface area (Å²) in [5.41, 5.74) is 0.675. The molecule has 6 heteroatoms. The molecule has 1 aromatic rings. The minimum atomic E-state index is -0.273. The highest BCUT2D eigenvalue weighted by Gasteiger charge is 2.15. The first-order valence-electron chi connectivity index (χ1n) is 7.67. The predicted molar refractivity (Wildman–Crippen MR) is 111 cm³/mol. The second-order valence-electron chi connectivity index (χ2n) is 5.43. The molecule has 1 rings (SSSR count). The van der Waals surface area contributed by atoms with Crippen LogP contribution in [-0.4, -0.2) is 13.2 Å². The van der Waals surface area contributed by atoms with Crippen molar-refractivity contribution in [3.63, 3.8) is 0 Å². The van der Waals surface area contributed by atoms with Crippen LogP contribution in [0.15, 0.2) is 6.58 Å². The summed E-state index contributed by atoms with van der Waals surface area (Å²) in [6.45, 7) is 13.4. The second kappa shape index (κ2) is 11.1. The van der Waals surface area contributed by atoms with Crippen LogP contribution in [0.4, 0.5) is 4.39 Å². The molecule has 23 heavy (non-hydrogen) atoms. The third-order valence-corrected chi connectivity index (χ3v) is 8.30. The van der Waals surface area contributed by atoms with Crippen LogP contribution in [0, 0.1) is 11.7 Å². The monoisotopic (exact) mass is 484 g/mol. The first-order valence-corrected chi connectivity index (χ1v) is 11.9. The molecule has 0 aliphatic rings. The highest BCUT2D eigenvalue weighted by atomic mass is 79.9. The summed E-state index contributed by atoms with van der Waals surface area (Å²) in [5, 5.41) is 0.502. The second-order valence-corrected chi connectivity index (χ2v) is 9.39. The van der Waals surface area contributed by atoms with E-state index < -0.39 is 0 Å². The van der Waals surface area contributed by atoms with E-state index in [9.17, 15) is 4.39 Å². The van der Waals surface area contributed by atoms with Crippen LogP contribution in [0.1, 0.15) is 44.4 Å². The van der Waals surface area contributed by atoms with Crippen LogP contribution in [0.3, 0.4) is 0 Å². The third-order valence-electron chi connectivity index (χ3n) is 3.68. The van der Waals surface area contributed by atoms with E-state index in [0.717, 1.165) is 6.42 Å². The van der Waals surface area contributed by atoms with Crippen LogP contribution >= 0.6 is 52.3 Å². The molecule has 0 aliphatic heterocycles. The highest BCUT2D eigenvalue weighted by Crippen LogP contribution is 2.29. The Morgan fingerprint density at radius 2 is 2.13 bits per heavy atom. The van der Waals surface area contributed by atoms with Gasteiger partial charge in [0, 0.05) is 16.4 Å². The van der Waals surface area contributed by atoms with Crippen LogP contribution < -0.4 is 9.75 Å². The number of unbranched alkanes of at least 4 members (excludes halogenated alkanes) is 1. The molecule has 0 aliphatic carbocycles. The van der Waals surface area contributed by atoms with Crippen molar-refractivity contribution in [1.29, 1.82) is 0 Å². The number of hydrogen-bond donors (Lipinski definition) is 0. The Balaban J connectivity index is 2.72. The van der Waals surface area contributed by atoms with Gasteiger partial charge in [-0.3, -0.25) is 0 Å². The van der Waals surface area contributed by atoms with Crippen molar-refractivity contribution in [3.05, 3.63) is 27.0 Å². The van der Waals surface area contributed by atoms with E-state index in [2.05, 4.69) is 57.7 Å². The van der Waals surface area contributed by atoms with Crippen LogP contribution in [-0.2, 0) is 4.74 Å². The van der Waals surface area contributed by atoms with Gasteiger partial charge >= 0.3 is 0 Å². The van der Waals surface area contributed by atoms with E-state index in [1.165, 1.54) is 40.8 Å². The Hall–Kier alpha value is 0.380. The topological polar surface area (TPSA) is 9.23 Å². The fourth-order valence-corrected chi connectivity index (χ4v) is 4.55. The van der Waals surface area contributed by atoms with E-state index in [-0.39, 0.29) is 5.82 Å². The fraction of sp³-hybridized carbons (Fsp3) is 0.529. The molecule has 1 atom stereocenters. The maximum absolute atomic E-state index is 14.6. The summed E-state index contributed by atoms with van der Waals surface area (Å²) in [7, 11) is 1.28. The van der Waals surface area contributed by atoms with Crippen molar-refractivity contribution >= 4 is 68.2 Å². The van der Waals surface area contributed by atoms with E-state index >= 15 is 0 Å². The number of thiophene rings is 1. The minimum absolute atomic E-state index is 0.273. The Morgan fingerprint density at radius 3 is 2.70 bits per heavy atom.